The van der Waals surface area contributed by atoms with Crippen LogP contribution in [0.4, 0.5) is 10.5 Å². The molecule has 1 aliphatic rings. The Morgan fingerprint density at radius 3 is 2.82 bits per heavy atom. The molecule has 1 unspecified atom stereocenters. The minimum absolute atomic E-state index is 0.122. The molecule has 9 heteroatoms. The largest absolute Gasteiger partial charge is 0.495 e. The van der Waals surface area contributed by atoms with Crippen LogP contribution in [0.25, 0.3) is 0 Å². The number of hydrogen-bond acceptors (Lipinski definition) is 7. The minimum Gasteiger partial charge on any atom is -0.495 e. The molecule has 0 bridgehead atoms. The molecule has 0 aromatic heterocycles. The molecule has 1 atom stereocenters. The maximum Gasteiger partial charge on any atom is 0.414 e. The Bertz CT molecular complexity index is 725. The predicted octanol–water partition coefficient (Wildman–Crippen LogP) is 0.868. The van der Waals surface area contributed by atoms with Crippen molar-refractivity contribution in [2.45, 2.75) is 6.10 Å². The fourth-order valence-electron chi connectivity index (χ4n) is 1.97. The standard InChI is InChI=1S/C13H14N2O6S/c1-19-12-5-9(6-14)3-4-11(12)15-7-10(21-13(15)16)8-20-22(2,17)18/h3-5,10H,7-8H2,1-2H3. The second-order valence-corrected chi connectivity index (χ2v) is 6.25. The van der Waals surface area contributed by atoms with Gasteiger partial charge in [0.25, 0.3) is 10.1 Å². The van der Waals surface area contributed by atoms with Gasteiger partial charge < -0.3 is 9.47 Å². The van der Waals surface area contributed by atoms with Gasteiger partial charge in [-0.05, 0) is 12.1 Å². The first-order valence-electron chi connectivity index (χ1n) is 6.24. The molecule has 2 rings (SSSR count). The van der Waals surface area contributed by atoms with Crippen molar-refractivity contribution in [1.29, 1.82) is 5.26 Å². The Morgan fingerprint density at radius 1 is 1.50 bits per heavy atom. The monoisotopic (exact) mass is 326 g/mol. The van der Waals surface area contributed by atoms with E-state index in [-0.39, 0.29) is 13.2 Å². The highest BCUT2D eigenvalue weighted by Crippen LogP contribution is 2.32. The average Bonchev–Trinajstić information content (AvgIpc) is 2.84. The second-order valence-electron chi connectivity index (χ2n) is 4.60. The predicted molar refractivity (Wildman–Crippen MR) is 76.1 cm³/mol. The van der Waals surface area contributed by atoms with E-state index < -0.39 is 22.3 Å². The summed E-state index contributed by atoms with van der Waals surface area (Å²) in [6.45, 7) is -0.129. The number of hydrogen-bond donors (Lipinski definition) is 0. The van der Waals surface area contributed by atoms with Gasteiger partial charge in [0.1, 0.15) is 18.5 Å². The summed E-state index contributed by atoms with van der Waals surface area (Å²) in [7, 11) is -2.18. The molecular weight excluding hydrogens is 312 g/mol. The van der Waals surface area contributed by atoms with Gasteiger partial charge in [-0.1, -0.05) is 0 Å². The molecule has 0 spiro atoms. The number of benzene rings is 1. The van der Waals surface area contributed by atoms with Crippen LogP contribution in [-0.4, -0.2) is 47.1 Å². The first kappa shape index (κ1) is 16.1. The lowest BCUT2D eigenvalue weighted by molar-refractivity contribution is 0.107. The van der Waals surface area contributed by atoms with Crippen LogP contribution in [0.3, 0.4) is 0 Å². The van der Waals surface area contributed by atoms with Crippen LogP contribution in [0, 0.1) is 11.3 Å². The topological polar surface area (TPSA) is 106 Å². The molecule has 1 heterocycles. The van der Waals surface area contributed by atoms with E-state index in [1.807, 2.05) is 6.07 Å². The first-order valence-corrected chi connectivity index (χ1v) is 8.06. The Kier molecular flexibility index (Phi) is 4.54. The number of cyclic esters (lactones) is 1. The molecule has 0 N–H and O–H groups in total. The maximum atomic E-state index is 11.9. The van der Waals surface area contributed by atoms with E-state index in [9.17, 15) is 13.2 Å². The first-order chi connectivity index (χ1) is 10.3. The van der Waals surface area contributed by atoms with Crippen molar-refractivity contribution in [2.75, 3.05) is 31.4 Å². The van der Waals surface area contributed by atoms with Crippen LogP contribution in [0.5, 0.6) is 5.75 Å². The summed E-state index contributed by atoms with van der Waals surface area (Å²) >= 11 is 0. The molecule has 1 aromatic rings. The molecule has 1 amide bonds. The normalized spacial score (nSPS) is 18.0. The fraction of sp³-hybridized carbons (Fsp3) is 0.385. The zero-order valence-corrected chi connectivity index (χ0v) is 12.8. The van der Waals surface area contributed by atoms with Gasteiger partial charge in [0.15, 0.2) is 0 Å². The van der Waals surface area contributed by atoms with E-state index in [1.54, 1.807) is 12.1 Å². The van der Waals surface area contributed by atoms with E-state index in [1.165, 1.54) is 18.1 Å². The van der Waals surface area contributed by atoms with Gasteiger partial charge >= 0.3 is 6.09 Å². The summed E-state index contributed by atoms with van der Waals surface area (Å²) in [5, 5.41) is 8.87. The van der Waals surface area contributed by atoms with Crippen LogP contribution < -0.4 is 9.64 Å². The van der Waals surface area contributed by atoms with Crippen molar-refractivity contribution in [3.05, 3.63) is 23.8 Å². The molecule has 1 aromatic carbocycles. The van der Waals surface area contributed by atoms with Crippen molar-refractivity contribution in [3.8, 4) is 11.8 Å². The third kappa shape index (κ3) is 3.66. The van der Waals surface area contributed by atoms with Crippen molar-refractivity contribution in [1.82, 2.24) is 0 Å². The highest BCUT2D eigenvalue weighted by Gasteiger charge is 2.34. The highest BCUT2D eigenvalue weighted by atomic mass is 32.2. The number of amides is 1. The van der Waals surface area contributed by atoms with Crippen LogP contribution in [-0.2, 0) is 19.0 Å². The number of methoxy groups -OCH3 is 1. The number of nitrogens with zero attached hydrogens (tertiary/aromatic N) is 2. The maximum absolute atomic E-state index is 11.9. The van der Waals surface area contributed by atoms with Crippen LogP contribution in [0.15, 0.2) is 18.2 Å². The third-order valence-corrected chi connectivity index (χ3v) is 3.51. The van der Waals surface area contributed by atoms with Gasteiger partial charge in [-0.15, -0.1) is 0 Å². The Morgan fingerprint density at radius 2 is 2.23 bits per heavy atom. The minimum atomic E-state index is -3.60. The molecule has 118 valence electrons. The van der Waals surface area contributed by atoms with Gasteiger partial charge in [0, 0.05) is 6.07 Å². The summed E-state index contributed by atoms with van der Waals surface area (Å²) < 4.78 is 36.8. The third-order valence-electron chi connectivity index (χ3n) is 2.94. The summed E-state index contributed by atoms with van der Waals surface area (Å²) in [6.07, 6.45) is -0.418. The molecule has 8 nitrogen and oxygen atoms in total. The number of ether oxygens (including phenoxy) is 2. The fourth-order valence-corrected chi connectivity index (χ4v) is 2.37. The smallest absolute Gasteiger partial charge is 0.414 e. The Balaban J connectivity index is 2.17. The Labute approximate surface area is 127 Å². The SMILES string of the molecule is COc1cc(C#N)ccc1N1CC(COS(C)(=O)=O)OC1=O. The molecular formula is C13H14N2O6S. The van der Waals surface area contributed by atoms with Gasteiger partial charge in [-0.25, -0.2) is 4.79 Å². The van der Waals surface area contributed by atoms with E-state index in [4.69, 9.17) is 14.7 Å². The van der Waals surface area contributed by atoms with E-state index in [0.717, 1.165) is 6.26 Å². The number of rotatable bonds is 5. The van der Waals surface area contributed by atoms with Gasteiger partial charge in [0.05, 0.1) is 37.2 Å². The van der Waals surface area contributed by atoms with Crippen molar-refractivity contribution in [2.24, 2.45) is 0 Å². The zero-order valence-electron chi connectivity index (χ0n) is 12.0. The van der Waals surface area contributed by atoms with Gasteiger partial charge in [0.2, 0.25) is 0 Å². The number of anilines is 1. The van der Waals surface area contributed by atoms with Crippen LogP contribution in [0.2, 0.25) is 0 Å². The van der Waals surface area contributed by atoms with Crippen molar-refractivity contribution >= 4 is 21.9 Å². The van der Waals surface area contributed by atoms with Crippen molar-refractivity contribution < 1.29 is 26.9 Å². The lowest BCUT2D eigenvalue weighted by Gasteiger charge is -2.16. The molecule has 1 fully saturated rings. The van der Waals surface area contributed by atoms with Crippen LogP contribution >= 0.6 is 0 Å². The second kappa shape index (κ2) is 6.21. The molecule has 22 heavy (non-hydrogen) atoms. The number of nitriles is 1. The molecule has 1 saturated heterocycles. The zero-order chi connectivity index (χ0) is 16.3. The lowest BCUT2D eigenvalue weighted by atomic mass is 10.2. The molecule has 0 saturated carbocycles. The summed E-state index contributed by atoms with van der Waals surface area (Å²) in [4.78, 5) is 13.2. The highest BCUT2D eigenvalue weighted by molar-refractivity contribution is 7.85. The quantitative estimate of drug-likeness (QED) is 0.739. The summed E-state index contributed by atoms with van der Waals surface area (Å²) in [6, 6.07) is 6.59. The molecule has 1 aliphatic heterocycles. The summed E-state index contributed by atoms with van der Waals surface area (Å²) in [5.41, 5.74) is 0.832. The number of carbonyl (C=O) groups is 1. The number of carbonyl (C=O) groups excluding carboxylic acids is 1. The van der Waals surface area contributed by atoms with Gasteiger partial charge in [-0.2, -0.15) is 13.7 Å². The van der Waals surface area contributed by atoms with Crippen LogP contribution in [0.1, 0.15) is 5.56 Å². The lowest BCUT2D eigenvalue weighted by Crippen LogP contribution is -2.26. The molecule has 0 aliphatic carbocycles. The average molecular weight is 326 g/mol. The Hall–Kier alpha value is -2.31. The molecule has 0 radical (unpaired) electrons. The van der Waals surface area contributed by atoms with E-state index in [2.05, 4.69) is 4.18 Å². The van der Waals surface area contributed by atoms with E-state index in [0.29, 0.717) is 17.0 Å². The van der Waals surface area contributed by atoms with E-state index >= 15 is 0 Å². The van der Waals surface area contributed by atoms with Crippen molar-refractivity contribution in [3.63, 3.8) is 0 Å². The summed E-state index contributed by atoms with van der Waals surface area (Å²) in [5.74, 6) is 0.348. The van der Waals surface area contributed by atoms with Gasteiger partial charge in [-0.3, -0.25) is 9.08 Å².